The average Bonchev–Trinajstić information content (AvgIpc) is 1.90. The molecule has 0 aromatic heterocycles. The largest absolute Gasteiger partial charge is 2.00 e. The Kier molecular flexibility index (Phi) is 4.34. The summed E-state index contributed by atoms with van der Waals surface area (Å²) in [5, 5.41) is 0. The van der Waals surface area contributed by atoms with E-state index in [0.717, 1.165) is 5.56 Å². The van der Waals surface area contributed by atoms with Crippen molar-refractivity contribution >= 4 is 6.08 Å². The van der Waals surface area contributed by atoms with Gasteiger partial charge in [0.2, 0.25) is 0 Å². The second-order valence-corrected chi connectivity index (χ2v) is 1.48. The molecule has 0 bridgehead atoms. The Labute approximate surface area is 69.9 Å². The van der Waals surface area contributed by atoms with E-state index in [0.29, 0.717) is 0 Å². The quantitative estimate of drug-likeness (QED) is 0.692. The van der Waals surface area contributed by atoms with Crippen LogP contribution in [0.4, 0.5) is 0 Å². The zero-order chi connectivity index (χ0) is 5.82. The van der Waals surface area contributed by atoms with Crippen LogP contribution in [0.15, 0.2) is 24.3 Å². The smallest absolute Gasteiger partial charge is 0.344 e. The molecule has 44 valence electrons. The van der Waals surface area contributed by atoms with Gasteiger partial charge in [-0.15, -0.1) is 6.07 Å². The van der Waals surface area contributed by atoms with E-state index < -0.39 is 0 Å². The van der Waals surface area contributed by atoms with Crippen molar-refractivity contribution in [1.82, 2.24) is 0 Å². The second-order valence-electron chi connectivity index (χ2n) is 1.48. The molecule has 1 rings (SSSR count). The third-order valence-electron chi connectivity index (χ3n) is 0.913. The normalized spacial score (nSPS) is 7.56. The molecule has 0 unspecified atom stereocenters. The van der Waals surface area contributed by atoms with Crippen LogP contribution in [0.25, 0.3) is 6.08 Å². The molecule has 0 spiro atoms. The minimum absolute atomic E-state index is 0. The van der Waals surface area contributed by atoms with Gasteiger partial charge in [0.15, 0.2) is 0 Å². The maximum atomic E-state index is 5.19. The van der Waals surface area contributed by atoms with E-state index in [1.807, 2.05) is 24.3 Å². The van der Waals surface area contributed by atoms with Gasteiger partial charge in [-0.1, -0.05) is 0 Å². The van der Waals surface area contributed by atoms with Crippen molar-refractivity contribution in [3.8, 4) is 0 Å². The van der Waals surface area contributed by atoms with Crippen molar-refractivity contribution in [3.63, 3.8) is 0 Å². The maximum absolute atomic E-state index is 5.19. The van der Waals surface area contributed by atoms with Gasteiger partial charge < -0.3 is 18.2 Å². The molecule has 1 aromatic rings. The van der Waals surface area contributed by atoms with Gasteiger partial charge >= 0.3 is 21.1 Å². The Hall–Kier alpha value is -0.352. The van der Waals surface area contributed by atoms with E-state index in [2.05, 4.69) is 6.07 Å². The minimum Gasteiger partial charge on any atom is -0.344 e. The molecule has 0 N–H and O–H groups in total. The Morgan fingerprint density at radius 3 is 2.56 bits per heavy atom. The van der Waals surface area contributed by atoms with Crippen LogP contribution in [0.5, 0.6) is 0 Å². The first kappa shape index (κ1) is 8.65. The molecule has 0 nitrogen and oxygen atoms in total. The standard InChI is InChI=1S/C8H6.W/c1-2-8-6-4-3-5-7-8;/h1-6H;/q-2;+2. The molecule has 1 heteroatoms. The van der Waals surface area contributed by atoms with E-state index in [9.17, 15) is 0 Å². The summed E-state index contributed by atoms with van der Waals surface area (Å²) in [6, 6.07) is 10.5. The molecular weight excluding hydrogens is 280 g/mol. The first-order chi connectivity index (χ1) is 3.93. The van der Waals surface area contributed by atoms with Gasteiger partial charge in [-0.05, 0) is 0 Å². The van der Waals surface area contributed by atoms with Gasteiger partial charge in [-0.2, -0.15) is 12.1 Å². The topological polar surface area (TPSA) is 0 Å². The van der Waals surface area contributed by atoms with Crippen LogP contribution in [0.3, 0.4) is 0 Å². The third-order valence-corrected chi connectivity index (χ3v) is 0.913. The molecule has 0 aliphatic carbocycles. The van der Waals surface area contributed by atoms with Gasteiger partial charge in [0.05, 0.1) is 0 Å². The Morgan fingerprint density at radius 1 is 1.44 bits per heavy atom. The van der Waals surface area contributed by atoms with E-state index in [4.69, 9.17) is 6.58 Å². The van der Waals surface area contributed by atoms with Crippen LogP contribution in [-0.2, 0) is 21.1 Å². The molecule has 0 atom stereocenters. The molecule has 0 saturated heterocycles. The maximum Gasteiger partial charge on any atom is 2.00 e. The second kappa shape index (κ2) is 4.52. The van der Waals surface area contributed by atoms with E-state index >= 15 is 0 Å². The fourth-order valence-corrected chi connectivity index (χ4v) is 0.511. The molecule has 9 heavy (non-hydrogen) atoms. The van der Waals surface area contributed by atoms with Gasteiger partial charge in [-0.25, -0.2) is 12.1 Å². The Bertz CT molecular complexity index is 167. The van der Waals surface area contributed by atoms with Gasteiger partial charge in [0.1, 0.15) is 0 Å². The van der Waals surface area contributed by atoms with Crippen molar-refractivity contribution in [3.05, 3.63) is 42.5 Å². The SMILES string of the molecule is [CH-]=Cc1[c-]cccc1.[W+2]. The molecule has 0 aliphatic heterocycles. The molecular formula is C8H6W. The zero-order valence-corrected chi connectivity index (χ0v) is 7.81. The number of rotatable bonds is 1. The predicted octanol–water partition coefficient (Wildman–Crippen LogP) is 1.93. The van der Waals surface area contributed by atoms with Crippen LogP contribution in [0.2, 0.25) is 0 Å². The monoisotopic (exact) mass is 286 g/mol. The summed E-state index contributed by atoms with van der Waals surface area (Å²) < 4.78 is 0. The first-order valence-corrected chi connectivity index (χ1v) is 2.45. The molecule has 0 heterocycles. The van der Waals surface area contributed by atoms with E-state index in [-0.39, 0.29) is 21.1 Å². The fraction of sp³-hybridized carbons (Fsp3) is 0. The van der Waals surface area contributed by atoms with Crippen molar-refractivity contribution in [1.29, 1.82) is 0 Å². The molecule has 0 saturated carbocycles. The third kappa shape index (κ3) is 2.62. The van der Waals surface area contributed by atoms with Gasteiger partial charge in [0, 0.05) is 0 Å². The summed E-state index contributed by atoms with van der Waals surface area (Å²) in [6.45, 7) is 5.19. The summed E-state index contributed by atoms with van der Waals surface area (Å²) in [5.74, 6) is 0. The van der Waals surface area contributed by atoms with Gasteiger partial charge in [-0.3, -0.25) is 0 Å². The van der Waals surface area contributed by atoms with Crippen LogP contribution in [0.1, 0.15) is 5.56 Å². The van der Waals surface area contributed by atoms with Crippen molar-refractivity contribution in [2.24, 2.45) is 0 Å². The summed E-state index contributed by atoms with van der Waals surface area (Å²) in [6.07, 6.45) is 1.53. The van der Waals surface area contributed by atoms with Crippen LogP contribution < -0.4 is 0 Å². The molecule has 0 aliphatic rings. The average molecular weight is 286 g/mol. The number of hydrogen-bond donors (Lipinski definition) is 0. The Balaban J connectivity index is 0.000000640. The molecule has 1 aromatic carbocycles. The molecule has 0 radical (unpaired) electrons. The zero-order valence-electron chi connectivity index (χ0n) is 4.87. The Morgan fingerprint density at radius 2 is 2.22 bits per heavy atom. The first-order valence-electron chi connectivity index (χ1n) is 2.45. The summed E-state index contributed by atoms with van der Waals surface area (Å²) in [7, 11) is 0. The van der Waals surface area contributed by atoms with Crippen molar-refractivity contribution in [2.75, 3.05) is 0 Å². The van der Waals surface area contributed by atoms with E-state index in [1.54, 1.807) is 0 Å². The number of hydrogen-bond acceptors (Lipinski definition) is 0. The molecule has 0 amide bonds. The fourth-order valence-electron chi connectivity index (χ4n) is 0.511. The minimum atomic E-state index is 0. The summed E-state index contributed by atoms with van der Waals surface area (Å²) >= 11 is 0. The number of benzene rings is 1. The summed E-state index contributed by atoms with van der Waals surface area (Å²) in [5.41, 5.74) is 0.938. The van der Waals surface area contributed by atoms with E-state index in [1.165, 1.54) is 6.08 Å². The predicted molar refractivity (Wildman–Crippen MR) is 34.0 cm³/mol. The van der Waals surface area contributed by atoms with Crippen LogP contribution >= 0.6 is 0 Å². The van der Waals surface area contributed by atoms with Gasteiger partial charge in [0.25, 0.3) is 0 Å². The van der Waals surface area contributed by atoms with Crippen molar-refractivity contribution < 1.29 is 21.1 Å². The summed E-state index contributed by atoms with van der Waals surface area (Å²) in [4.78, 5) is 0. The van der Waals surface area contributed by atoms with Crippen molar-refractivity contribution in [2.45, 2.75) is 0 Å². The van der Waals surface area contributed by atoms with Crippen LogP contribution in [-0.4, -0.2) is 0 Å². The molecule has 0 fully saturated rings. The van der Waals surface area contributed by atoms with Crippen LogP contribution in [0, 0.1) is 12.6 Å².